The summed E-state index contributed by atoms with van der Waals surface area (Å²) >= 11 is 1.51. The predicted molar refractivity (Wildman–Crippen MR) is 113 cm³/mol. The highest BCUT2D eigenvalue weighted by Gasteiger charge is 2.10. The molecule has 0 aliphatic rings. The minimum Gasteiger partial charge on any atom is -0.305 e. The van der Waals surface area contributed by atoms with Crippen molar-refractivity contribution in [2.45, 2.75) is 46.6 Å². The molecule has 0 atom stereocenters. The van der Waals surface area contributed by atoms with Gasteiger partial charge in [-0.15, -0.1) is 6.42 Å². The summed E-state index contributed by atoms with van der Waals surface area (Å²) in [6, 6.07) is 12.4. The van der Waals surface area contributed by atoms with Gasteiger partial charge in [0, 0.05) is 0 Å². The monoisotopic (exact) mass is 376 g/mol. The van der Waals surface area contributed by atoms with Crippen LogP contribution in [0.3, 0.4) is 0 Å². The Morgan fingerprint density at radius 1 is 1.19 bits per heavy atom. The summed E-state index contributed by atoms with van der Waals surface area (Å²) in [6.07, 6.45) is 5.84. The molecule has 0 fully saturated rings. The SMILES string of the molecule is C#CCn1c(=NC(=O)Cc2ccc(C(C)C)cc2)sc2cc(C)c(C)cc21. The van der Waals surface area contributed by atoms with Gasteiger partial charge in [0.15, 0.2) is 4.80 Å². The molecule has 3 nitrogen and oxygen atoms in total. The maximum atomic E-state index is 12.5. The average Bonchev–Trinajstić information content (AvgIpc) is 2.92. The minimum absolute atomic E-state index is 0.155. The molecule has 0 bridgehead atoms. The zero-order valence-corrected chi connectivity index (χ0v) is 17.1. The number of hydrogen-bond donors (Lipinski definition) is 0. The van der Waals surface area contributed by atoms with E-state index in [0.717, 1.165) is 15.8 Å². The summed E-state index contributed by atoms with van der Waals surface area (Å²) in [6.45, 7) is 8.88. The maximum absolute atomic E-state index is 12.5. The topological polar surface area (TPSA) is 34.4 Å². The number of carbonyl (C=O) groups excluding carboxylic acids is 1. The molecule has 1 aromatic heterocycles. The smallest absolute Gasteiger partial charge is 0.252 e. The first-order valence-corrected chi connectivity index (χ1v) is 9.91. The summed E-state index contributed by atoms with van der Waals surface area (Å²) in [4.78, 5) is 17.6. The van der Waals surface area contributed by atoms with Gasteiger partial charge in [0.05, 0.1) is 23.2 Å². The summed E-state index contributed by atoms with van der Waals surface area (Å²) in [5, 5.41) is 0. The molecule has 1 amide bonds. The third kappa shape index (κ3) is 4.20. The van der Waals surface area contributed by atoms with Crippen LogP contribution in [0.25, 0.3) is 10.2 Å². The van der Waals surface area contributed by atoms with Gasteiger partial charge >= 0.3 is 0 Å². The Bertz CT molecular complexity index is 1090. The van der Waals surface area contributed by atoms with Crippen molar-refractivity contribution in [1.29, 1.82) is 0 Å². The van der Waals surface area contributed by atoms with Crippen molar-refractivity contribution in [3.63, 3.8) is 0 Å². The minimum atomic E-state index is -0.155. The summed E-state index contributed by atoms with van der Waals surface area (Å²) in [5.41, 5.74) is 5.71. The zero-order valence-electron chi connectivity index (χ0n) is 16.2. The van der Waals surface area contributed by atoms with Gasteiger partial charge in [-0.3, -0.25) is 4.79 Å². The first-order chi connectivity index (χ1) is 12.9. The van der Waals surface area contributed by atoms with Gasteiger partial charge in [-0.1, -0.05) is 55.4 Å². The maximum Gasteiger partial charge on any atom is 0.252 e. The lowest BCUT2D eigenvalue weighted by Crippen LogP contribution is -2.17. The molecule has 0 aliphatic heterocycles. The van der Waals surface area contributed by atoms with Gasteiger partial charge in [0.2, 0.25) is 0 Å². The normalized spacial score (nSPS) is 11.9. The molecule has 0 aliphatic carbocycles. The van der Waals surface area contributed by atoms with Gasteiger partial charge < -0.3 is 4.57 Å². The molecule has 3 rings (SSSR count). The molecule has 2 aromatic carbocycles. The predicted octanol–water partition coefficient (Wildman–Crippen LogP) is 4.75. The fraction of sp³-hybridized carbons (Fsp3) is 0.304. The van der Waals surface area contributed by atoms with E-state index in [-0.39, 0.29) is 5.91 Å². The van der Waals surface area contributed by atoms with E-state index in [1.807, 2.05) is 16.7 Å². The van der Waals surface area contributed by atoms with Gasteiger partial charge in [-0.2, -0.15) is 4.99 Å². The fourth-order valence-corrected chi connectivity index (χ4v) is 4.12. The molecule has 3 aromatic rings. The third-order valence-electron chi connectivity index (χ3n) is 4.77. The Hall–Kier alpha value is -2.64. The van der Waals surface area contributed by atoms with Crippen LogP contribution in [-0.4, -0.2) is 10.5 Å². The van der Waals surface area contributed by atoms with Crippen LogP contribution in [0.4, 0.5) is 0 Å². The summed E-state index contributed by atoms with van der Waals surface area (Å²) in [7, 11) is 0. The van der Waals surface area contributed by atoms with E-state index >= 15 is 0 Å². The molecule has 0 unspecified atom stereocenters. The first-order valence-electron chi connectivity index (χ1n) is 9.09. The molecule has 4 heteroatoms. The van der Waals surface area contributed by atoms with E-state index in [1.54, 1.807) is 0 Å². The molecule has 0 spiro atoms. The van der Waals surface area contributed by atoms with E-state index in [1.165, 1.54) is 28.0 Å². The number of amides is 1. The van der Waals surface area contributed by atoms with E-state index in [9.17, 15) is 4.79 Å². The van der Waals surface area contributed by atoms with Crippen LogP contribution in [0.1, 0.15) is 42.0 Å². The lowest BCUT2D eigenvalue weighted by molar-refractivity contribution is -0.117. The Kier molecular flexibility index (Phi) is 5.62. The number of rotatable bonds is 4. The number of terminal acetylenes is 1. The van der Waals surface area contributed by atoms with Crippen LogP contribution in [0.15, 0.2) is 41.4 Å². The van der Waals surface area contributed by atoms with Crippen LogP contribution in [0.2, 0.25) is 0 Å². The molecule has 1 heterocycles. The first kappa shape index (κ1) is 19.1. The summed E-state index contributed by atoms with van der Waals surface area (Å²) in [5.74, 6) is 3.00. The van der Waals surface area contributed by atoms with Gasteiger partial charge in [-0.05, 0) is 54.2 Å². The second-order valence-corrected chi connectivity index (χ2v) is 8.17. The molecule has 27 heavy (non-hydrogen) atoms. The highest BCUT2D eigenvalue weighted by molar-refractivity contribution is 7.16. The van der Waals surface area contributed by atoms with Crippen LogP contribution in [0.5, 0.6) is 0 Å². The second kappa shape index (κ2) is 7.94. The number of thiazole rings is 1. The Labute approximate surface area is 164 Å². The fourth-order valence-electron chi connectivity index (χ4n) is 2.99. The van der Waals surface area contributed by atoms with Crippen LogP contribution >= 0.6 is 11.3 Å². The third-order valence-corrected chi connectivity index (χ3v) is 5.81. The molecular weight excluding hydrogens is 352 g/mol. The van der Waals surface area contributed by atoms with Gasteiger partial charge in [0.1, 0.15) is 0 Å². The van der Waals surface area contributed by atoms with Gasteiger partial charge in [-0.25, -0.2) is 0 Å². The van der Waals surface area contributed by atoms with Crippen LogP contribution < -0.4 is 4.80 Å². The number of aromatic nitrogens is 1. The average molecular weight is 377 g/mol. The molecule has 0 radical (unpaired) electrons. The molecule has 0 saturated heterocycles. The quantitative estimate of drug-likeness (QED) is 0.605. The van der Waals surface area contributed by atoms with Crippen molar-refractivity contribution in [1.82, 2.24) is 4.57 Å². The van der Waals surface area contributed by atoms with Crippen molar-refractivity contribution in [3.8, 4) is 12.3 Å². The highest BCUT2D eigenvalue weighted by atomic mass is 32.1. The highest BCUT2D eigenvalue weighted by Crippen LogP contribution is 2.22. The molecular formula is C23H24N2OS. The van der Waals surface area contributed by atoms with Crippen molar-refractivity contribution < 1.29 is 4.79 Å². The number of fused-ring (bicyclic) bond motifs is 1. The van der Waals surface area contributed by atoms with Crippen molar-refractivity contribution in [2.24, 2.45) is 4.99 Å². The van der Waals surface area contributed by atoms with E-state index < -0.39 is 0 Å². The second-order valence-electron chi connectivity index (χ2n) is 7.16. The van der Waals surface area contributed by atoms with E-state index in [4.69, 9.17) is 6.42 Å². The van der Waals surface area contributed by atoms with Crippen molar-refractivity contribution in [3.05, 3.63) is 63.5 Å². The van der Waals surface area contributed by atoms with E-state index in [0.29, 0.717) is 23.7 Å². The molecule has 138 valence electrons. The van der Waals surface area contributed by atoms with Crippen molar-refractivity contribution >= 4 is 27.5 Å². The zero-order chi connectivity index (χ0) is 19.6. The van der Waals surface area contributed by atoms with Crippen LogP contribution in [0, 0.1) is 26.2 Å². The number of hydrogen-bond acceptors (Lipinski definition) is 2. The van der Waals surface area contributed by atoms with Gasteiger partial charge in [0.25, 0.3) is 5.91 Å². The summed E-state index contributed by atoms with van der Waals surface area (Å²) < 4.78 is 3.05. The standard InChI is InChI=1S/C23H24N2OS/c1-6-11-25-20-12-16(4)17(5)13-21(20)27-23(25)24-22(26)14-18-7-9-19(10-8-18)15(2)3/h1,7-10,12-13,15H,11,14H2,2-5H3. The molecule has 0 saturated carbocycles. The Morgan fingerprint density at radius 2 is 1.85 bits per heavy atom. The number of benzene rings is 2. The van der Waals surface area contributed by atoms with E-state index in [2.05, 4.69) is 62.9 Å². The Balaban J connectivity index is 1.95. The number of nitrogens with zero attached hydrogens (tertiary/aromatic N) is 2. The largest absolute Gasteiger partial charge is 0.305 e. The lowest BCUT2D eigenvalue weighted by Gasteiger charge is -2.05. The lowest BCUT2D eigenvalue weighted by atomic mass is 10.0. The van der Waals surface area contributed by atoms with Crippen molar-refractivity contribution in [2.75, 3.05) is 0 Å². The number of carbonyl (C=O) groups is 1. The number of aryl methyl sites for hydroxylation is 2. The molecule has 0 N–H and O–H groups in total. The Morgan fingerprint density at radius 3 is 2.48 bits per heavy atom. The van der Waals surface area contributed by atoms with Crippen LogP contribution in [-0.2, 0) is 17.8 Å².